The van der Waals surface area contributed by atoms with Crippen LogP contribution in [-0.4, -0.2) is 78.9 Å². The van der Waals surface area contributed by atoms with E-state index in [0.717, 1.165) is 97.4 Å². The molecule has 0 atom stereocenters. The molecule has 2 N–H and O–H groups in total. The molecule has 1 saturated heterocycles. The molecule has 17 heteroatoms. The van der Waals surface area contributed by atoms with Gasteiger partial charge >= 0.3 is 0 Å². The maximum atomic E-state index is 14.4. The minimum Gasteiger partial charge on any atom is -0.434 e. The minimum absolute atomic E-state index is 0.0995. The van der Waals surface area contributed by atoms with Gasteiger partial charge in [-0.15, -0.1) is 10.2 Å². The van der Waals surface area contributed by atoms with Gasteiger partial charge in [0.15, 0.2) is 46.0 Å². The fourth-order valence-electron chi connectivity index (χ4n) is 9.82. The van der Waals surface area contributed by atoms with Crippen molar-refractivity contribution in [3.05, 3.63) is 143 Å². The van der Waals surface area contributed by atoms with Crippen molar-refractivity contribution in [1.82, 2.24) is 34.1 Å². The fourth-order valence-corrected chi connectivity index (χ4v) is 9.82. The summed E-state index contributed by atoms with van der Waals surface area (Å²) in [5.74, 6) is -1.91. The molecule has 3 saturated carbocycles. The lowest BCUT2D eigenvalue weighted by Gasteiger charge is -2.36. The number of fused-ring (bicyclic) bond motifs is 2. The zero-order valence-electron chi connectivity index (χ0n) is 42.0. The standard InChI is InChI=1S/C29H29F2N5O2.C29H28F2N4O2/c1-17-10-20(8-9-21(17)25(37)11-18-6-7-18)24-14-33-29-23(32-13-19-15-35(2)16-19)12-27(34-36(24)29)38-26-5-3-4-22(30)28(26)31;1-17-12-20(10-11-21(17)25(36)13-18-8-9-18)24-16-33-29-23(32-15-19-4-2-5-19)14-27(34-35(24)29)37-26-7-3-6-22(30)28(26)31/h3-5,8-10,12,14,18-19,32H,6-7,11,13,15-16H2,1-2H3;3,6-7,10-12,14,16,18-19,32H,2,4-5,8-9,13,15H2,1H3. The van der Waals surface area contributed by atoms with Gasteiger partial charge in [0, 0.05) is 79.3 Å². The number of halogens is 4. The number of aromatic nitrogens is 6. The number of likely N-dealkylation sites (tertiary alicyclic amines) is 1. The van der Waals surface area contributed by atoms with Crippen molar-refractivity contribution in [1.29, 1.82) is 0 Å². The molecule has 0 unspecified atom stereocenters. The summed E-state index contributed by atoms with van der Waals surface area (Å²) in [6.07, 6.45) is 12.8. The molecule has 5 heterocycles. The number of benzene rings is 4. The Morgan fingerprint density at radius 3 is 1.44 bits per heavy atom. The quantitative estimate of drug-likeness (QED) is 0.0627. The van der Waals surface area contributed by atoms with E-state index < -0.39 is 23.3 Å². The molecule has 0 radical (unpaired) electrons. The topological polar surface area (TPSA) is 140 Å². The smallest absolute Gasteiger partial charge is 0.239 e. The lowest BCUT2D eigenvalue weighted by Crippen LogP contribution is -2.46. The lowest BCUT2D eigenvalue weighted by atomic mass is 9.85. The third kappa shape index (κ3) is 11.0. The van der Waals surface area contributed by atoms with Crippen molar-refractivity contribution in [3.63, 3.8) is 0 Å². The van der Waals surface area contributed by atoms with Crippen LogP contribution >= 0.6 is 0 Å². The normalized spacial score (nSPS) is 15.8. The minimum atomic E-state index is -1.07. The fraction of sp³-hybridized carbons (Fsp3) is 0.345. The zero-order valence-corrected chi connectivity index (χ0v) is 42.0. The second-order valence-corrected chi connectivity index (χ2v) is 20.7. The van der Waals surface area contributed by atoms with Crippen LogP contribution < -0.4 is 20.1 Å². The first-order valence-corrected chi connectivity index (χ1v) is 25.8. The van der Waals surface area contributed by atoms with E-state index in [1.165, 1.54) is 43.5 Å². The van der Waals surface area contributed by atoms with Gasteiger partial charge in [-0.25, -0.2) is 27.8 Å². The van der Waals surface area contributed by atoms with E-state index in [4.69, 9.17) is 9.47 Å². The van der Waals surface area contributed by atoms with Crippen molar-refractivity contribution in [3.8, 4) is 45.8 Å². The number of hydrogen-bond acceptors (Lipinski definition) is 11. The van der Waals surface area contributed by atoms with Crippen LogP contribution in [0, 0.1) is 60.8 Å². The van der Waals surface area contributed by atoms with Gasteiger partial charge in [-0.3, -0.25) is 9.59 Å². The summed E-state index contributed by atoms with van der Waals surface area (Å²) in [4.78, 5) is 36.9. The Hall–Kier alpha value is -7.66. The highest BCUT2D eigenvalue weighted by Gasteiger charge is 2.28. The summed E-state index contributed by atoms with van der Waals surface area (Å²) in [5, 5.41) is 16.0. The molecular weight excluding hydrogens is 963 g/mol. The van der Waals surface area contributed by atoms with Gasteiger partial charge in [0.25, 0.3) is 0 Å². The number of imidazole rings is 2. The summed E-state index contributed by atoms with van der Waals surface area (Å²) in [6.45, 7) is 7.38. The second-order valence-electron chi connectivity index (χ2n) is 20.7. The van der Waals surface area contributed by atoms with Crippen molar-refractivity contribution >= 4 is 34.2 Å². The van der Waals surface area contributed by atoms with E-state index in [1.54, 1.807) is 33.6 Å². The average molecular weight is 1020 g/mol. The van der Waals surface area contributed by atoms with E-state index in [2.05, 4.69) is 42.7 Å². The lowest BCUT2D eigenvalue weighted by molar-refractivity contribution is 0.0967. The van der Waals surface area contributed by atoms with Gasteiger partial charge in [0.2, 0.25) is 23.4 Å². The summed E-state index contributed by atoms with van der Waals surface area (Å²) in [5.41, 5.74) is 8.93. The number of nitrogens with zero attached hydrogens (tertiary/aromatic N) is 7. The van der Waals surface area contributed by atoms with Gasteiger partial charge in [-0.1, -0.05) is 42.8 Å². The molecule has 386 valence electrons. The molecule has 0 amide bonds. The van der Waals surface area contributed by atoms with Gasteiger partial charge in [0.1, 0.15) is 0 Å². The number of aryl methyl sites for hydroxylation is 2. The predicted octanol–water partition coefficient (Wildman–Crippen LogP) is 12.7. The van der Waals surface area contributed by atoms with Gasteiger partial charge in [-0.2, -0.15) is 8.78 Å². The maximum absolute atomic E-state index is 14.4. The molecule has 4 aromatic heterocycles. The highest BCUT2D eigenvalue weighted by molar-refractivity contribution is 5.99. The van der Waals surface area contributed by atoms with Crippen molar-refractivity contribution in [2.24, 2.45) is 23.7 Å². The van der Waals surface area contributed by atoms with Gasteiger partial charge in [-0.05, 0) is 125 Å². The first-order chi connectivity index (χ1) is 36.3. The van der Waals surface area contributed by atoms with E-state index in [9.17, 15) is 27.2 Å². The first kappa shape index (κ1) is 49.5. The number of ketones is 2. The van der Waals surface area contributed by atoms with Crippen LogP contribution in [-0.2, 0) is 0 Å². The zero-order chi connectivity index (χ0) is 51.9. The summed E-state index contributed by atoms with van der Waals surface area (Å²) in [7, 11) is 2.08. The van der Waals surface area contributed by atoms with Crippen LogP contribution in [0.5, 0.6) is 23.3 Å². The van der Waals surface area contributed by atoms with Crippen LogP contribution in [0.4, 0.5) is 28.9 Å². The highest BCUT2D eigenvalue weighted by Crippen LogP contribution is 2.38. The molecule has 13 nitrogen and oxygen atoms in total. The molecule has 3 aliphatic carbocycles. The van der Waals surface area contributed by atoms with E-state index >= 15 is 0 Å². The van der Waals surface area contributed by atoms with Gasteiger partial charge in [0.05, 0.1) is 35.2 Å². The molecular formula is C58H57F4N9O4. The Kier molecular flexibility index (Phi) is 13.8. The van der Waals surface area contributed by atoms with Crippen molar-refractivity contribution in [2.45, 2.75) is 71.6 Å². The SMILES string of the molecule is Cc1cc(-c2cnc3c(NCC4CCC4)cc(Oc4cccc(F)c4F)nn23)ccc1C(=O)CC1CC1.Cc1cc(-c2cnc3c(NCC4CN(C)C4)cc(Oc4cccc(F)c4F)nn23)ccc1C(=O)CC1CC1. The van der Waals surface area contributed by atoms with Crippen LogP contribution in [0.15, 0.2) is 97.3 Å². The van der Waals surface area contributed by atoms with E-state index in [-0.39, 0.29) is 34.8 Å². The Morgan fingerprint density at radius 2 is 1.04 bits per heavy atom. The van der Waals surface area contributed by atoms with Crippen molar-refractivity contribution < 1.29 is 36.6 Å². The maximum Gasteiger partial charge on any atom is 0.239 e. The Bertz CT molecular complexity index is 3470. The summed E-state index contributed by atoms with van der Waals surface area (Å²) < 4.78 is 71.0. The molecule has 4 aromatic carbocycles. The first-order valence-electron chi connectivity index (χ1n) is 25.8. The number of nitrogens with one attached hydrogen (secondary N) is 2. The third-order valence-electron chi connectivity index (χ3n) is 14.7. The van der Waals surface area contributed by atoms with Crippen LogP contribution in [0.2, 0.25) is 0 Å². The summed E-state index contributed by atoms with van der Waals surface area (Å²) in [6, 6.07) is 22.4. The van der Waals surface area contributed by atoms with Crippen LogP contribution in [0.25, 0.3) is 33.8 Å². The number of carbonyl (C=O) groups is 2. The number of Topliss-reactive ketones (excluding diaryl/α,β-unsaturated/α-hetero) is 2. The number of rotatable bonds is 18. The Morgan fingerprint density at radius 1 is 0.587 bits per heavy atom. The number of carbonyl (C=O) groups excluding carboxylic acids is 2. The predicted molar refractivity (Wildman–Crippen MR) is 278 cm³/mol. The Balaban J connectivity index is 0.000000161. The average Bonchev–Trinajstić information content (AvgIpc) is 4.29. The third-order valence-corrected chi connectivity index (χ3v) is 14.7. The number of ether oxygens (including phenoxy) is 2. The van der Waals surface area contributed by atoms with Crippen molar-refractivity contribution in [2.75, 3.05) is 43.9 Å². The van der Waals surface area contributed by atoms with E-state index in [0.29, 0.717) is 70.6 Å². The summed E-state index contributed by atoms with van der Waals surface area (Å²) >= 11 is 0. The van der Waals surface area contributed by atoms with Gasteiger partial charge < -0.3 is 25.0 Å². The largest absolute Gasteiger partial charge is 0.434 e. The second kappa shape index (κ2) is 20.9. The molecule has 0 spiro atoms. The Labute approximate surface area is 431 Å². The number of hydrogen-bond donors (Lipinski definition) is 2. The highest BCUT2D eigenvalue weighted by atomic mass is 19.2. The molecule has 4 aliphatic rings. The molecule has 75 heavy (non-hydrogen) atoms. The molecule has 0 bridgehead atoms. The molecule has 8 aromatic rings. The molecule has 12 rings (SSSR count). The van der Waals surface area contributed by atoms with Crippen LogP contribution in [0.1, 0.15) is 89.6 Å². The monoisotopic (exact) mass is 1020 g/mol. The van der Waals surface area contributed by atoms with E-state index in [1.807, 2.05) is 50.2 Å². The molecule has 4 fully saturated rings. The number of anilines is 2. The van der Waals surface area contributed by atoms with Crippen LogP contribution in [0.3, 0.4) is 0 Å². The molecule has 1 aliphatic heterocycles.